The van der Waals surface area contributed by atoms with Crippen LogP contribution in [-0.2, 0) is 23.5 Å². The smallest absolute Gasteiger partial charge is 0.244 e. The molecule has 2 aromatic rings. The number of aliphatic hydroxyl groups excluding tert-OH is 1. The van der Waals surface area contributed by atoms with Crippen molar-refractivity contribution < 1.29 is 18.3 Å². The van der Waals surface area contributed by atoms with Gasteiger partial charge in [0.2, 0.25) is 10.0 Å². The number of ether oxygens (including phenoxy) is 1. The normalized spacial score (nSPS) is 13.0. The van der Waals surface area contributed by atoms with E-state index in [9.17, 15) is 13.5 Å². The second kappa shape index (κ2) is 7.83. The highest BCUT2D eigenvalue weighted by Crippen LogP contribution is 2.25. The maximum atomic E-state index is 12.5. The fourth-order valence-corrected chi connectivity index (χ4v) is 3.79. The Bertz CT molecular complexity index is 784. The Morgan fingerprint density at radius 2 is 2.08 bits per heavy atom. The van der Waals surface area contributed by atoms with Gasteiger partial charge < -0.3 is 14.4 Å². The van der Waals surface area contributed by atoms with Gasteiger partial charge in [-0.25, -0.2) is 13.1 Å². The number of hydrogen-bond donors (Lipinski definition) is 2. The van der Waals surface area contributed by atoms with Crippen molar-refractivity contribution in [2.75, 3.05) is 13.7 Å². The van der Waals surface area contributed by atoms with Gasteiger partial charge in [-0.05, 0) is 42.7 Å². The van der Waals surface area contributed by atoms with Crippen LogP contribution in [-0.4, -0.2) is 31.7 Å². The lowest BCUT2D eigenvalue weighted by molar-refractivity contribution is 0.161. The molecule has 2 rings (SSSR count). The minimum absolute atomic E-state index is 0.123. The van der Waals surface area contributed by atoms with E-state index in [1.54, 1.807) is 12.1 Å². The zero-order chi connectivity index (χ0) is 17.7. The number of nitrogens with zero attached hydrogens (tertiary/aromatic N) is 1. The van der Waals surface area contributed by atoms with E-state index in [4.69, 9.17) is 4.74 Å². The Morgan fingerprint density at radius 1 is 1.33 bits per heavy atom. The Balaban J connectivity index is 2.07. The Morgan fingerprint density at radius 3 is 2.67 bits per heavy atom. The molecule has 0 saturated heterocycles. The first-order valence-corrected chi connectivity index (χ1v) is 9.33. The lowest BCUT2D eigenvalue weighted by atomic mass is 10.2. The van der Waals surface area contributed by atoms with Gasteiger partial charge in [-0.2, -0.15) is 0 Å². The SMILES string of the molecule is CCc1ccc(OC)c(S(=O)(=O)NCCC(O)c2cccn2C)c1. The monoisotopic (exact) mass is 352 g/mol. The van der Waals surface area contributed by atoms with Crippen LogP contribution < -0.4 is 9.46 Å². The highest BCUT2D eigenvalue weighted by molar-refractivity contribution is 7.89. The summed E-state index contributed by atoms with van der Waals surface area (Å²) in [4.78, 5) is 0.123. The molecule has 1 atom stereocenters. The fourth-order valence-electron chi connectivity index (χ4n) is 2.53. The first-order valence-electron chi connectivity index (χ1n) is 7.85. The van der Waals surface area contributed by atoms with E-state index >= 15 is 0 Å². The standard InChI is InChI=1S/C17H24N2O4S/c1-4-13-7-8-16(23-3)17(12-13)24(21,22)18-10-9-15(20)14-6-5-11-19(14)2/h5-8,11-12,15,18,20H,4,9-10H2,1-3H3. The van der Waals surface area contributed by atoms with Crippen molar-refractivity contribution in [2.24, 2.45) is 7.05 Å². The van der Waals surface area contributed by atoms with Crippen LogP contribution in [0.15, 0.2) is 41.4 Å². The van der Waals surface area contributed by atoms with E-state index < -0.39 is 16.1 Å². The number of methoxy groups -OCH3 is 1. The molecule has 132 valence electrons. The van der Waals surface area contributed by atoms with Crippen LogP contribution in [0.5, 0.6) is 5.75 Å². The number of aliphatic hydroxyl groups is 1. The molecule has 1 aromatic carbocycles. The summed E-state index contributed by atoms with van der Waals surface area (Å²) in [5.41, 5.74) is 1.67. The lowest BCUT2D eigenvalue weighted by Crippen LogP contribution is -2.26. The third-order valence-corrected chi connectivity index (χ3v) is 5.44. The first-order chi connectivity index (χ1) is 11.4. The average molecular weight is 352 g/mol. The van der Waals surface area contributed by atoms with E-state index in [2.05, 4.69) is 4.72 Å². The van der Waals surface area contributed by atoms with Gasteiger partial charge in [-0.1, -0.05) is 13.0 Å². The topological polar surface area (TPSA) is 80.6 Å². The number of aromatic nitrogens is 1. The van der Waals surface area contributed by atoms with Gasteiger partial charge in [0.25, 0.3) is 0 Å². The summed E-state index contributed by atoms with van der Waals surface area (Å²) in [5.74, 6) is 0.308. The summed E-state index contributed by atoms with van der Waals surface area (Å²) in [6.07, 6.45) is 2.13. The van der Waals surface area contributed by atoms with Crippen LogP contribution in [0.2, 0.25) is 0 Å². The molecule has 1 aromatic heterocycles. The molecule has 0 spiro atoms. The fraction of sp³-hybridized carbons (Fsp3) is 0.412. The predicted octanol–water partition coefficient (Wildman–Crippen LogP) is 2.00. The van der Waals surface area contributed by atoms with Crippen molar-refractivity contribution in [3.63, 3.8) is 0 Å². The molecule has 0 aliphatic heterocycles. The van der Waals surface area contributed by atoms with Crippen molar-refractivity contribution in [2.45, 2.75) is 30.8 Å². The molecule has 24 heavy (non-hydrogen) atoms. The number of rotatable bonds is 8. The van der Waals surface area contributed by atoms with Crippen molar-refractivity contribution in [1.29, 1.82) is 0 Å². The lowest BCUT2D eigenvalue weighted by Gasteiger charge is -2.14. The Labute approximate surface area is 143 Å². The molecule has 2 N–H and O–H groups in total. The van der Waals surface area contributed by atoms with E-state index in [0.717, 1.165) is 17.7 Å². The van der Waals surface area contributed by atoms with Crippen LogP contribution in [0.25, 0.3) is 0 Å². The van der Waals surface area contributed by atoms with Gasteiger partial charge in [0.15, 0.2) is 0 Å². The Kier molecular flexibility index (Phi) is 6.04. The first kappa shape index (κ1) is 18.5. The molecule has 1 unspecified atom stereocenters. The summed E-state index contributed by atoms with van der Waals surface area (Å²) in [5, 5.41) is 10.2. The molecular formula is C17H24N2O4S. The van der Waals surface area contributed by atoms with E-state index in [0.29, 0.717) is 5.75 Å². The molecule has 0 aliphatic carbocycles. The Hall–Kier alpha value is -1.83. The van der Waals surface area contributed by atoms with Crippen molar-refractivity contribution in [3.05, 3.63) is 47.8 Å². The van der Waals surface area contributed by atoms with E-state index in [-0.39, 0.29) is 17.9 Å². The zero-order valence-electron chi connectivity index (χ0n) is 14.2. The third-order valence-electron chi connectivity index (χ3n) is 3.96. The maximum Gasteiger partial charge on any atom is 0.244 e. The van der Waals surface area contributed by atoms with Gasteiger partial charge in [0.05, 0.1) is 13.2 Å². The van der Waals surface area contributed by atoms with E-state index in [1.165, 1.54) is 7.11 Å². The molecule has 0 amide bonds. The van der Waals surface area contributed by atoms with E-state index in [1.807, 2.05) is 42.9 Å². The van der Waals surface area contributed by atoms with Crippen molar-refractivity contribution >= 4 is 10.0 Å². The predicted molar refractivity (Wildman–Crippen MR) is 92.6 cm³/mol. The largest absolute Gasteiger partial charge is 0.495 e. The zero-order valence-corrected chi connectivity index (χ0v) is 15.0. The van der Waals surface area contributed by atoms with Gasteiger partial charge in [-0.15, -0.1) is 0 Å². The average Bonchev–Trinajstić information content (AvgIpc) is 3.00. The molecule has 6 nitrogen and oxygen atoms in total. The quantitative estimate of drug-likeness (QED) is 0.761. The summed E-state index contributed by atoms with van der Waals surface area (Å²) < 4.78 is 34.6. The number of sulfonamides is 1. The second-order valence-corrected chi connectivity index (χ2v) is 7.32. The maximum absolute atomic E-state index is 12.5. The second-order valence-electron chi connectivity index (χ2n) is 5.58. The van der Waals surface area contributed by atoms with Gasteiger partial charge in [0.1, 0.15) is 10.6 Å². The number of nitrogens with one attached hydrogen (secondary N) is 1. The minimum Gasteiger partial charge on any atom is -0.495 e. The van der Waals surface area contributed by atoms with Gasteiger partial charge in [-0.3, -0.25) is 0 Å². The molecule has 7 heteroatoms. The third kappa shape index (κ3) is 4.17. The molecule has 0 bridgehead atoms. The van der Waals surface area contributed by atoms with Gasteiger partial charge >= 0.3 is 0 Å². The number of benzene rings is 1. The highest BCUT2D eigenvalue weighted by atomic mass is 32.2. The number of hydrogen-bond acceptors (Lipinski definition) is 4. The number of aryl methyl sites for hydroxylation is 2. The van der Waals surface area contributed by atoms with Gasteiger partial charge in [0, 0.05) is 25.5 Å². The van der Waals surface area contributed by atoms with Crippen molar-refractivity contribution in [3.8, 4) is 5.75 Å². The van der Waals surface area contributed by atoms with Crippen LogP contribution >= 0.6 is 0 Å². The summed E-state index contributed by atoms with van der Waals surface area (Å²) in [7, 11) is -0.422. The summed E-state index contributed by atoms with van der Waals surface area (Å²) in [6, 6.07) is 8.77. The molecule has 0 radical (unpaired) electrons. The van der Waals surface area contributed by atoms with Crippen LogP contribution in [0.4, 0.5) is 0 Å². The van der Waals surface area contributed by atoms with Crippen molar-refractivity contribution in [1.82, 2.24) is 9.29 Å². The molecule has 0 saturated carbocycles. The minimum atomic E-state index is -3.70. The van der Waals surface area contributed by atoms with Crippen LogP contribution in [0.1, 0.15) is 30.7 Å². The molecular weight excluding hydrogens is 328 g/mol. The van der Waals surface area contributed by atoms with Crippen LogP contribution in [0.3, 0.4) is 0 Å². The molecule has 0 fully saturated rings. The summed E-state index contributed by atoms with van der Waals surface area (Å²) in [6.45, 7) is 2.09. The molecule has 1 heterocycles. The summed E-state index contributed by atoms with van der Waals surface area (Å²) >= 11 is 0. The highest BCUT2D eigenvalue weighted by Gasteiger charge is 2.20. The van der Waals surface area contributed by atoms with Crippen LogP contribution in [0, 0.1) is 0 Å². The molecule has 0 aliphatic rings.